The Morgan fingerprint density at radius 3 is 2.50 bits per heavy atom. The number of unbranched alkanes of at least 4 members (excludes halogenated alkanes) is 1. The highest BCUT2D eigenvalue weighted by atomic mass is 16.6. The van der Waals surface area contributed by atoms with Crippen LogP contribution in [0, 0.1) is 0 Å². The molecule has 88 valence electrons. The fourth-order valence-corrected chi connectivity index (χ4v) is 1.78. The number of aryl methyl sites for hydroxylation is 1. The minimum absolute atomic E-state index is 0.279. The number of ether oxygens (including phenoxy) is 2. The highest BCUT2D eigenvalue weighted by Gasteiger charge is 2.15. The van der Waals surface area contributed by atoms with Crippen LogP contribution in [-0.2, 0) is 6.42 Å². The molecule has 4 nitrogen and oxygen atoms in total. The van der Waals surface area contributed by atoms with Crippen molar-refractivity contribution in [3.63, 3.8) is 0 Å². The van der Waals surface area contributed by atoms with Crippen LogP contribution in [0.3, 0.4) is 0 Å². The van der Waals surface area contributed by atoms with Gasteiger partial charge in [-0.2, -0.15) is 0 Å². The molecule has 1 aliphatic heterocycles. The predicted octanol–water partition coefficient (Wildman–Crippen LogP) is 1.44. The maximum absolute atomic E-state index is 9.80. The van der Waals surface area contributed by atoms with E-state index in [-0.39, 0.29) is 5.75 Å². The second kappa shape index (κ2) is 5.07. The van der Waals surface area contributed by atoms with E-state index < -0.39 is 0 Å². The number of benzene rings is 1. The molecule has 3 N–H and O–H groups in total. The Labute approximate surface area is 95.0 Å². The molecule has 4 heteroatoms. The van der Waals surface area contributed by atoms with Gasteiger partial charge in [-0.25, -0.2) is 0 Å². The van der Waals surface area contributed by atoms with Crippen LogP contribution >= 0.6 is 0 Å². The zero-order chi connectivity index (χ0) is 11.4. The Morgan fingerprint density at radius 1 is 1.12 bits per heavy atom. The van der Waals surface area contributed by atoms with Crippen LogP contribution in [0.25, 0.3) is 0 Å². The maximum Gasteiger partial charge on any atom is 0.165 e. The van der Waals surface area contributed by atoms with E-state index in [2.05, 4.69) is 0 Å². The summed E-state index contributed by atoms with van der Waals surface area (Å²) in [5.41, 5.74) is 6.34. The van der Waals surface area contributed by atoms with Crippen molar-refractivity contribution >= 4 is 0 Å². The van der Waals surface area contributed by atoms with Crippen molar-refractivity contribution in [3.05, 3.63) is 17.7 Å². The molecule has 0 spiro atoms. The normalized spacial score (nSPS) is 13.8. The van der Waals surface area contributed by atoms with E-state index in [0.717, 1.165) is 30.6 Å². The first-order chi connectivity index (χ1) is 7.81. The molecule has 0 saturated carbocycles. The van der Waals surface area contributed by atoms with Crippen molar-refractivity contribution in [1.29, 1.82) is 0 Å². The quantitative estimate of drug-likeness (QED) is 0.758. The van der Waals surface area contributed by atoms with Crippen LogP contribution in [0.15, 0.2) is 12.1 Å². The molecule has 0 atom stereocenters. The lowest BCUT2D eigenvalue weighted by Crippen LogP contribution is -2.15. The Hall–Kier alpha value is -1.42. The molecule has 0 amide bonds. The van der Waals surface area contributed by atoms with Crippen molar-refractivity contribution in [2.75, 3.05) is 19.8 Å². The molecule has 0 bridgehead atoms. The number of phenols is 1. The Balaban J connectivity index is 2.12. The van der Waals surface area contributed by atoms with Gasteiger partial charge in [0.25, 0.3) is 0 Å². The number of hydrogen-bond acceptors (Lipinski definition) is 4. The van der Waals surface area contributed by atoms with E-state index in [1.54, 1.807) is 6.07 Å². The number of rotatable bonds is 4. The number of hydrogen-bond donors (Lipinski definition) is 2. The predicted molar refractivity (Wildman–Crippen MR) is 61.1 cm³/mol. The molecule has 0 aromatic heterocycles. The van der Waals surface area contributed by atoms with Gasteiger partial charge in [0.2, 0.25) is 0 Å². The molecular formula is C12H17NO3. The number of nitrogens with two attached hydrogens (primary N) is 1. The number of phenolic OH excluding ortho intramolecular Hbond substituents is 1. The Morgan fingerprint density at radius 2 is 1.81 bits per heavy atom. The van der Waals surface area contributed by atoms with Gasteiger partial charge in [0.1, 0.15) is 19.0 Å². The van der Waals surface area contributed by atoms with Crippen LogP contribution in [0.4, 0.5) is 0 Å². The maximum atomic E-state index is 9.80. The first kappa shape index (κ1) is 11.1. The summed E-state index contributed by atoms with van der Waals surface area (Å²) >= 11 is 0. The molecule has 0 aliphatic carbocycles. The largest absolute Gasteiger partial charge is 0.508 e. The third kappa shape index (κ3) is 2.39. The lowest BCUT2D eigenvalue weighted by molar-refractivity contribution is 0.170. The second-order valence-corrected chi connectivity index (χ2v) is 3.87. The first-order valence-corrected chi connectivity index (χ1v) is 5.63. The van der Waals surface area contributed by atoms with Crippen LogP contribution in [0.5, 0.6) is 17.2 Å². The highest BCUT2D eigenvalue weighted by Crippen LogP contribution is 2.36. The molecule has 1 aromatic carbocycles. The zero-order valence-electron chi connectivity index (χ0n) is 9.24. The summed E-state index contributed by atoms with van der Waals surface area (Å²) in [4.78, 5) is 0. The minimum atomic E-state index is 0.279. The average molecular weight is 223 g/mol. The van der Waals surface area contributed by atoms with Crippen LogP contribution in [0.1, 0.15) is 18.4 Å². The van der Waals surface area contributed by atoms with Crippen LogP contribution in [0.2, 0.25) is 0 Å². The van der Waals surface area contributed by atoms with Crippen molar-refractivity contribution < 1.29 is 14.6 Å². The summed E-state index contributed by atoms with van der Waals surface area (Å²) in [6, 6.07) is 3.49. The van der Waals surface area contributed by atoms with Gasteiger partial charge >= 0.3 is 0 Å². The molecule has 0 fully saturated rings. The molecule has 16 heavy (non-hydrogen) atoms. The SMILES string of the molecule is NCCCCc1cc2c(cc1O)OCCO2. The van der Waals surface area contributed by atoms with Gasteiger partial charge in [-0.1, -0.05) is 0 Å². The summed E-state index contributed by atoms with van der Waals surface area (Å²) in [6.07, 6.45) is 2.76. The van der Waals surface area contributed by atoms with E-state index in [9.17, 15) is 5.11 Å². The van der Waals surface area contributed by atoms with Gasteiger partial charge in [-0.15, -0.1) is 0 Å². The fourth-order valence-electron chi connectivity index (χ4n) is 1.78. The highest BCUT2D eigenvalue weighted by molar-refractivity contribution is 5.50. The van der Waals surface area contributed by atoms with Gasteiger partial charge < -0.3 is 20.3 Å². The zero-order valence-corrected chi connectivity index (χ0v) is 9.24. The fraction of sp³-hybridized carbons (Fsp3) is 0.500. The summed E-state index contributed by atoms with van der Waals surface area (Å²) in [7, 11) is 0. The molecule has 1 aliphatic rings. The van der Waals surface area contributed by atoms with E-state index in [1.165, 1.54) is 0 Å². The average Bonchev–Trinajstić information content (AvgIpc) is 2.30. The summed E-state index contributed by atoms with van der Waals surface area (Å²) in [5.74, 6) is 1.64. The smallest absolute Gasteiger partial charge is 0.165 e. The van der Waals surface area contributed by atoms with Gasteiger partial charge in [0.15, 0.2) is 11.5 Å². The third-order valence-electron chi connectivity index (χ3n) is 2.64. The molecular weight excluding hydrogens is 206 g/mol. The second-order valence-electron chi connectivity index (χ2n) is 3.87. The van der Waals surface area contributed by atoms with E-state index in [0.29, 0.717) is 25.5 Å². The lowest BCUT2D eigenvalue weighted by Gasteiger charge is -2.19. The monoisotopic (exact) mass is 223 g/mol. The van der Waals surface area contributed by atoms with Gasteiger partial charge in [-0.3, -0.25) is 0 Å². The van der Waals surface area contributed by atoms with E-state index in [4.69, 9.17) is 15.2 Å². The Bertz CT molecular complexity index is 366. The third-order valence-corrected chi connectivity index (χ3v) is 2.64. The van der Waals surface area contributed by atoms with Gasteiger partial charge in [0, 0.05) is 6.07 Å². The topological polar surface area (TPSA) is 64.7 Å². The molecule has 0 radical (unpaired) electrons. The van der Waals surface area contributed by atoms with E-state index in [1.807, 2.05) is 6.07 Å². The summed E-state index contributed by atoms with van der Waals surface area (Å²) < 4.78 is 10.8. The van der Waals surface area contributed by atoms with E-state index >= 15 is 0 Å². The molecule has 0 unspecified atom stereocenters. The molecule has 0 saturated heterocycles. The Kier molecular flexibility index (Phi) is 3.51. The lowest BCUT2D eigenvalue weighted by atomic mass is 10.1. The minimum Gasteiger partial charge on any atom is -0.508 e. The van der Waals surface area contributed by atoms with Crippen LogP contribution < -0.4 is 15.2 Å². The van der Waals surface area contributed by atoms with Crippen LogP contribution in [-0.4, -0.2) is 24.9 Å². The van der Waals surface area contributed by atoms with Crippen molar-refractivity contribution in [3.8, 4) is 17.2 Å². The molecule has 1 aromatic rings. The van der Waals surface area contributed by atoms with Crippen molar-refractivity contribution in [2.45, 2.75) is 19.3 Å². The summed E-state index contributed by atoms with van der Waals surface area (Å²) in [5, 5.41) is 9.80. The van der Waals surface area contributed by atoms with Crippen molar-refractivity contribution in [2.24, 2.45) is 5.73 Å². The van der Waals surface area contributed by atoms with Gasteiger partial charge in [0.05, 0.1) is 0 Å². The first-order valence-electron chi connectivity index (χ1n) is 5.63. The standard InChI is InChI=1S/C12H17NO3/c13-4-2-1-3-9-7-11-12(8-10(9)14)16-6-5-15-11/h7-8,14H,1-6,13H2. The molecule has 1 heterocycles. The molecule has 2 rings (SSSR count). The van der Waals surface area contributed by atoms with Crippen molar-refractivity contribution in [1.82, 2.24) is 0 Å². The van der Waals surface area contributed by atoms with Gasteiger partial charge in [-0.05, 0) is 37.4 Å². The summed E-state index contributed by atoms with van der Waals surface area (Å²) in [6.45, 7) is 1.80. The number of aromatic hydroxyl groups is 1. The number of fused-ring (bicyclic) bond motifs is 1.